The number of nitrogens with one attached hydrogen (secondary N) is 1. The molecular formula is C25H21ClN2O. The molecule has 4 heteroatoms. The molecule has 0 spiro atoms. The van der Waals surface area contributed by atoms with Gasteiger partial charge in [-0.2, -0.15) is 5.26 Å². The van der Waals surface area contributed by atoms with Crippen LogP contribution in [-0.4, -0.2) is 5.91 Å². The average molecular weight is 401 g/mol. The Morgan fingerprint density at radius 3 is 2.45 bits per heavy atom. The molecule has 144 valence electrons. The number of amides is 1. The first-order valence-electron chi connectivity index (χ1n) is 9.29. The number of halogens is 1. The van der Waals surface area contributed by atoms with Crippen molar-refractivity contribution in [2.24, 2.45) is 0 Å². The number of nitrogens with zero attached hydrogens (tertiary/aromatic N) is 1. The molecule has 0 aliphatic rings. The van der Waals surface area contributed by atoms with Gasteiger partial charge in [0, 0.05) is 10.7 Å². The molecule has 29 heavy (non-hydrogen) atoms. The first kappa shape index (κ1) is 20.4. The number of aryl methyl sites for hydroxylation is 1. The third-order valence-electron chi connectivity index (χ3n) is 4.86. The van der Waals surface area contributed by atoms with Crippen molar-refractivity contribution in [1.82, 2.24) is 0 Å². The van der Waals surface area contributed by atoms with Gasteiger partial charge < -0.3 is 5.32 Å². The number of rotatable bonds is 5. The Balaban J connectivity index is 1.75. The van der Waals surface area contributed by atoms with Crippen molar-refractivity contribution in [3.63, 3.8) is 0 Å². The molecule has 3 aromatic rings. The van der Waals surface area contributed by atoms with Crippen molar-refractivity contribution >= 4 is 29.3 Å². The lowest BCUT2D eigenvalue weighted by Gasteiger charge is -2.10. The smallest absolute Gasteiger partial charge is 0.266 e. The van der Waals surface area contributed by atoms with Gasteiger partial charge in [-0.3, -0.25) is 4.79 Å². The summed E-state index contributed by atoms with van der Waals surface area (Å²) >= 11 is 6.23. The van der Waals surface area contributed by atoms with Crippen molar-refractivity contribution in [2.75, 3.05) is 5.32 Å². The molecule has 0 saturated heterocycles. The van der Waals surface area contributed by atoms with E-state index in [0.29, 0.717) is 5.69 Å². The number of hydrogen-bond acceptors (Lipinski definition) is 2. The van der Waals surface area contributed by atoms with E-state index in [1.165, 1.54) is 0 Å². The van der Waals surface area contributed by atoms with E-state index in [4.69, 9.17) is 11.6 Å². The zero-order chi connectivity index (χ0) is 20.8. The van der Waals surface area contributed by atoms with Crippen LogP contribution in [0.1, 0.15) is 27.8 Å². The summed E-state index contributed by atoms with van der Waals surface area (Å²) in [6, 6.07) is 23.2. The van der Waals surface area contributed by atoms with E-state index in [1.807, 2.05) is 86.6 Å². The van der Waals surface area contributed by atoms with Gasteiger partial charge in [-0.15, -0.1) is 0 Å². The highest BCUT2D eigenvalue weighted by Crippen LogP contribution is 2.21. The number of carbonyl (C=O) groups excluding carboxylic acids is 1. The summed E-state index contributed by atoms with van der Waals surface area (Å²) in [4.78, 5) is 12.5. The number of hydrogen-bond donors (Lipinski definition) is 1. The fourth-order valence-corrected chi connectivity index (χ4v) is 3.19. The maximum Gasteiger partial charge on any atom is 0.266 e. The quantitative estimate of drug-likeness (QED) is 0.416. The highest BCUT2D eigenvalue weighted by Gasteiger charge is 2.11. The maximum atomic E-state index is 12.5. The molecule has 0 saturated carbocycles. The Bertz CT molecular complexity index is 1110. The van der Waals surface area contributed by atoms with E-state index in [0.717, 1.165) is 39.3 Å². The molecule has 0 aromatic heterocycles. The second kappa shape index (κ2) is 9.23. The Morgan fingerprint density at radius 2 is 1.76 bits per heavy atom. The lowest BCUT2D eigenvalue weighted by Crippen LogP contribution is -2.14. The summed E-state index contributed by atoms with van der Waals surface area (Å²) in [6.45, 7) is 3.93. The van der Waals surface area contributed by atoms with E-state index >= 15 is 0 Å². The topological polar surface area (TPSA) is 52.9 Å². The average Bonchev–Trinajstić information content (AvgIpc) is 2.72. The third-order valence-corrected chi connectivity index (χ3v) is 5.23. The van der Waals surface area contributed by atoms with Gasteiger partial charge in [0.15, 0.2) is 0 Å². The van der Waals surface area contributed by atoms with Crippen LogP contribution in [0.4, 0.5) is 5.69 Å². The number of benzene rings is 3. The van der Waals surface area contributed by atoms with Crippen LogP contribution >= 0.6 is 11.6 Å². The number of carbonyl (C=O) groups is 1. The van der Waals surface area contributed by atoms with Crippen LogP contribution in [0.25, 0.3) is 6.08 Å². The van der Waals surface area contributed by atoms with Gasteiger partial charge in [0.2, 0.25) is 0 Å². The predicted molar refractivity (Wildman–Crippen MR) is 119 cm³/mol. The van der Waals surface area contributed by atoms with Gasteiger partial charge in [-0.1, -0.05) is 66.2 Å². The number of anilines is 1. The molecule has 0 radical (unpaired) electrons. The number of nitriles is 1. The molecule has 0 unspecified atom stereocenters. The summed E-state index contributed by atoms with van der Waals surface area (Å²) in [5.41, 5.74) is 5.80. The molecule has 0 aliphatic carbocycles. The maximum absolute atomic E-state index is 12.5. The van der Waals surface area contributed by atoms with Crippen molar-refractivity contribution in [3.8, 4) is 6.07 Å². The second-order valence-electron chi connectivity index (χ2n) is 6.88. The molecule has 1 amide bonds. The summed E-state index contributed by atoms with van der Waals surface area (Å²) in [6.07, 6.45) is 2.32. The molecule has 3 rings (SSSR count). The van der Waals surface area contributed by atoms with Gasteiger partial charge in [0.25, 0.3) is 5.91 Å². The summed E-state index contributed by atoms with van der Waals surface area (Å²) in [5.74, 6) is -0.415. The zero-order valence-corrected chi connectivity index (χ0v) is 17.1. The molecule has 0 atom stereocenters. The zero-order valence-electron chi connectivity index (χ0n) is 16.4. The van der Waals surface area contributed by atoms with Crippen molar-refractivity contribution in [3.05, 3.63) is 105 Å². The van der Waals surface area contributed by atoms with Gasteiger partial charge in [-0.05, 0) is 66.3 Å². The minimum atomic E-state index is -0.415. The van der Waals surface area contributed by atoms with Gasteiger partial charge in [-0.25, -0.2) is 0 Å². The molecule has 0 bridgehead atoms. The third kappa shape index (κ3) is 5.13. The largest absolute Gasteiger partial charge is 0.321 e. The minimum absolute atomic E-state index is 0.0600. The van der Waals surface area contributed by atoms with E-state index in [-0.39, 0.29) is 5.57 Å². The fourth-order valence-electron chi connectivity index (χ4n) is 2.98. The molecule has 3 aromatic carbocycles. The lowest BCUT2D eigenvalue weighted by atomic mass is 10.0. The van der Waals surface area contributed by atoms with Crippen LogP contribution in [0.5, 0.6) is 0 Å². The molecule has 3 nitrogen and oxygen atoms in total. The summed E-state index contributed by atoms with van der Waals surface area (Å²) in [7, 11) is 0. The standard InChI is InChI=1S/C25H21ClN2O/c1-17-6-5-9-24(18(17)2)28-25(29)22(16-27)15-20-12-10-19(11-13-20)14-21-7-3-4-8-23(21)26/h3-13,15H,14H2,1-2H3,(H,28,29)/b22-15+. The Labute approximate surface area is 176 Å². The van der Waals surface area contributed by atoms with E-state index in [1.54, 1.807) is 6.08 Å². The van der Waals surface area contributed by atoms with Gasteiger partial charge >= 0.3 is 0 Å². The van der Waals surface area contributed by atoms with E-state index < -0.39 is 5.91 Å². The normalized spacial score (nSPS) is 11.0. The first-order chi connectivity index (χ1) is 14.0. The van der Waals surface area contributed by atoms with Crippen molar-refractivity contribution in [2.45, 2.75) is 20.3 Å². The SMILES string of the molecule is Cc1cccc(NC(=O)/C(C#N)=C/c2ccc(Cc3ccccc3Cl)cc2)c1C. The van der Waals surface area contributed by atoms with Gasteiger partial charge in [0.05, 0.1) is 0 Å². The summed E-state index contributed by atoms with van der Waals surface area (Å²) in [5, 5.41) is 13.0. The second-order valence-corrected chi connectivity index (χ2v) is 7.29. The lowest BCUT2D eigenvalue weighted by molar-refractivity contribution is -0.112. The Morgan fingerprint density at radius 1 is 1.03 bits per heavy atom. The van der Waals surface area contributed by atoms with E-state index in [9.17, 15) is 10.1 Å². The van der Waals surface area contributed by atoms with Crippen LogP contribution < -0.4 is 5.32 Å². The van der Waals surface area contributed by atoms with Crippen LogP contribution in [0.2, 0.25) is 5.02 Å². The highest BCUT2D eigenvalue weighted by atomic mass is 35.5. The molecule has 0 heterocycles. The summed E-state index contributed by atoms with van der Waals surface area (Å²) < 4.78 is 0. The van der Waals surface area contributed by atoms with Gasteiger partial charge in [0.1, 0.15) is 11.6 Å². The molecule has 0 fully saturated rings. The first-order valence-corrected chi connectivity index (χ1v) is 9.67. The van der Waals surface area contributed by atoms with E-state index in [2.05, 4.69) is 5.32 Å². The minimum Gasteiger partial charge on any atom is -0.321 e. The fraction of sp³-hybridized carbons (Fsp3) is 0.120. The van der Waals surface area contributed by atoms with Crippen LogP contribution in [0.15, 0.2) is 72.3 Å². The van der Waals surface area contributed by atoms with Crippen LogP contribution in [0.3, 0.4) is 0 Å². The molecular weight excluding hydrogens is 380 g/mol. The van der Waals surface area contributed by atoms with Crippen molar-refractivity contribution in [1.29, 1.82) is 5.26 Å². The Kier molecular flexibility index (Phi) is 6.49. The predicted octanol–water partition coefficient (Wildman–Crippen LogP) is 6.09. The molecule has 0 aliphatic heterocycles. The monoisotopic (exact) mass is 400 g/mol. The van der Waals surface area contributed by atoms with Crippen LogP contribution in [-0.2, 0) is 11.2 Å². The highest BCUT2D eigenvalue weighted by molar-refractivity contribution is 6.31. The Hall–Kier alpha value is -3.35. The molecule has 1 N–H and O–H groups in total. The van der Waals surface area contributed by atoms with Crippen LogP contribution in [0, 0.1) is 25.2 Å². The van der Waals surface area contributed by atoms with Crippen molar-refractivity contribution < 1.29 is 4.79 Å².